The molecule has 1 amide bonds. The summed E-state index contributed by atoms with van der Waals surface area (Å²) in [6.45, 7) is 6.75. The van der Waals surface area contributed by atoms with Gasteiger partial charge in [-0.25, -0.2) is 9.59 Å². The summed E-state index contributed by atoms with van der Waals surface area (Å²) in [4.78, 5) is 37.7. The predicted molar refractivity (Wildman–Crippen MR) is 88.0 cm³/mol. The van der Waals surface area contributed by atoms with Crippen molar-refractivity contribution in [1.82, 2.24) is 4.90 Å². The molecule has 1 aliphatic heterocycles. The van der Waals surface area contributed by atoms with E-state index in [2.05, 4.69) is 0 Å². The van der Waals surface area contributed by atoms with E-state index in [1.54, 1.807) is 22.4 Å². The van der Waals surface area contributed by atoms with Crippen LogP contribution in [0.2, 0.25) is 0 Å². The van der Waals surface area contributed by atoms with Gasteiger partial charge in [0.05, 0.1) is 4.88 Å². The van der Waals surface area contributed by atoms with Crippen molar-refractivity contribution in [3.05, 3.63) is 22.4 Å². The number of carbonyl (C=O) groups is 3. The summed E-state index contributed by atoms with van der Waals surface area (Å²) in [7, 11) is 0. The zero-order valence-electron chi connectivity index (χ0n) is 14.0. The Balaban J connectivity index is 1.42. The minimum Gasteiger partial charge on any atom is -0.456 e. The van der Waals surface area contributed by atoms with E-state index in [0.717, 1.165) is 0 Å². The van der Waals surface area contributed by atoms with E-state index < -0.39 is 17.4 Å². The lowest BCUT2D eigenvalue weighted by Gasteiger charge is -2.57. The Hall–Kier alpha value is -1.89. The van der Waals surface area contributed by atoms with Gasteiger partial charge in [-0.2, -0.15) is 0 Å². The second-order valence-corrected chi connectivity index (χ2v) is 8.53. The molecule has 1 aromatic rings. The van der Waals surface area contributed by atoms with E-state index in [-0.39, 0.29) is 17.6 Å². The molecule has 6 nitrogen and oxygen atoms in total. The molecule has 0 atom stereocenters. The highest BCUT2D eigenvalue weighted by atomic mass is 32.1. The van der Waals surface area contributed by atoms with E-state index in [4.69, 9.17) is 9.47 Å². The monoisotopic (exact) mass is 351 g/mol. The third-order valence-electron chi connectivity index (χ3n) is 4.23. The predicted octanol–water partition coefficient (Wildman–Crippen LogP) is 2.87. The Kier molecular flexibility index (Phi) is 4.15. The Labute approximate surface area is 144 Å². The van der Waals surface area contributed by atoms with E-state index in [0.29, 0.717) is 30.8 Å². The zero-order valence-corrected chi connectivity index (χ0v) is 14.9. The van der Waals surface area contributed by atoms with Gasteiger partial charge in [0.25, 0.3) is 5.78 Å². The Morgan fingerprint density at radius 3 is 2.46 bits per heavy atom. The first kappa shape index (κ1) is 17.0. The molecule has 2 heterocycles. The largest absolute Gasteiger partial charge is 0.456 e. The van der Waals surface area contributed by atoms with Crippen LogP contribution in [0.25, 0.3) is 0 Å². The molecule has 1 saturated carbocycles. The van der Waals surface area contributed by atoms with E-state index in [1.807, 2.05) is 20.8 Å². The van der Waals surface area contributed by atoms with Gasteiger partial charge in [-0.05, 0) is 45.1 Å². The van der Waals surface area contributed by atoms with Gasteiger partial charge in [0.2, 0.25) is 0 Å². The van der Waals surface area contributed by atoms with Crippen LogP contribution in [0.1, 0.15) is 43.3 Å². The van der Waals surface area contributed by atoms with Crippen molar-refractivity contribution in [1.29, 1.82) is 0 Å². The molecule has 7 heteroatoms. The fourth-order valence-electron chi connectivity index (χ4n) is 3.18. The summed E-state index contributed by atoms with van der Waals surface area (Å²) in [5.41, 5.74) is -0.479. The summed E-state index contributed by atoms with van der Waals surface area (Å²) in [5.74, 6) is -1.38. The van der Waals surface area contributed by atoms with Crippen LogP contribution in [0, 0.1) is 5.41 Å². The maximum atomic E-state index is 11.9. The van der Waals surface area contributed by atoms with Crippen molar-refractivity contribution in [2.75, 3.05) is 13.1 Å². The lowest BCUT2D eigenvalue weighted by atomic mass is 9.62. The van der Waals surface area contributed by atoms with Crippen LogP contribution in [0.4, 0.5) is 4.79 Å². The molecule has 0 radical (unpaired) electrons. The number of Topliss-reactive ketones (excluding diaryl/α,β-unsaturated/α-hetero) is 1. The van der Waals surface area contributed by atoms with Crippen LogP contribution in [0.15, 0.2) is 17.5 Å². The summed E-state index contributed by atoms with van der Waals surface area (Å²) in [6, 6.07) is 3.34. The first-order valence-corrected chi connectivity index (χ1v) is 8.82. The lowest BCUT2D eigenvalue weighted by molar-refractivity contribution is -0.169. The molecule has 1 aromatic heterocycles. The van der Waals surface area contributed by atoms with Crippen molar-refractivity contribution in [3.63, 3.8) is 0 Å². The second-order valence-electron chi connectivity index (χ2n) is 7.58. The highest BCUT2D eigenvalue weighted by Crippen LogP contribution is 2.50. The van der Waals surface area contributed by atoms with Crippen LogP contribution in [0.3, 0.4) is 0 Å². The minimum atomic E-state index is -0.791. The van der Waals surface area contributed by atoms with Crippen molar-refractivity contribution < 1.29 is 23.9 Å². The normalized spacial score (nSPS) is 19.4. The van der Waals surface area contributed by atoms with Gasteiger partial charge in [0, 0.05) is 18.5 Å². The molecule has 24 heavy (non-hydrogen) atoms. The molecule has 2 aliphatic rings. The Morgan fingerprint density at radius 1 is 1.25 bits per heavy atom. The van der Waals surface area contributed by atoms with Crippen molar-refractivity contribution in [2.45, 2.75) is 45.3 Å². The maximum Gasteiger partial charge on any atom is 0.410 e. The molecule has 130 valence electrons. The SMILES string of the molecule is CC(C)(C)OC(=O)N1CC2(CC(OC(=O)C(=O)c3cccs3)C2)C1. The van der Waals surface area contributed by atoms with Gasteiger partial charge in [0.15, 0.2) is 0 Å². The molecule has 2 fully saturated rings. The number of esters is 1. The molecule has 0 bridgehead atoms. The van der Waals surface area contributed by atoms with E-state index >= 15 is 0 Å². The van der Waals surface area contributed by atoms with Crippen molar-refractivity contribution in [2.24, 2.45) is 5.41 Å². The number of nitrogens with zero attached hydrogens (tertiary/aromatic N) is 1. The molecule has 0 unspecified atom stereocenters. The summed E-state index contributed by atoms with van der Waals surface area (Å²) in [5, 5.41) is 1.75. The smallest absolute Gasteiger partial charge is 0.410 e. The zero-order chi connectivity index (χ0) is 17.5. The summed E-state index contributed by atoms with van der Waals surface area (Å²) < 4.78 is 10.6. The highest BCUT2D eigenvalue weighted by Gasteiger charge is 2.56. The molecule has 0 aromatic carbocycles. The summed E-state index contributed by atoms with van der Waals surface area (Å²) >= 11 is 1.23. The van der Waals surface area contributed by atoms with E-state index in [1.165, 1.54) is 11.3 Å². The maximum absolute atomic E-state index is 11.9. The van der Waals surface area contributed by atoms with Crippen molar-refractivity contribution in [3.8, 4) is 0 Å². The number of likely N-dealkylation sites (tertiary alicyclic amines) is 1. The third kappa shape index (κ3) is 3.45. The average Bonchev–Trinajstić information content (AvgIpc) is 2.90. The topological polar surface area (TPSA) is 72.9 Å². The number of ether oxygens (including phenoxy) is 2. The van der Waals surface area contributed by atoms with Gasteiger partial charge in [-0.1, -0.05) is 6.07 Å². The van der Waals surface area contributed by atoms with Gasteiger partial charge in [0.1, 0.15) is 11.7 Å². The number of rotatable bonds is 3. The molecular formula is C17H21NO5S. The van der Waals surface area contributed by atoms with Crippen LogP contribution in [-0.4, -0.2) is 47.5 Å². The number of thiophene rings is 1. The third-order valence-corrected chi connectivity index (χ3v) is 5.10. The number of ketones is 1. The lowest BCUT2D eigenvalue weighted by Crippen LogP contribution is -2.66. The Morgan fingerprint density at radius 2 is 1.92 bits per heavy atom. The van der Waals surface area contributed by atoms with Crippen molar-refractivity contribution >= 4 is 29.2 Å². The first-order chi connectivity index (χ1) is 11.2. The molecule has 3 rings (SSSR count). The number of hydrogen-bond acceptors (Lipinski definition) is 6. The van der Waals surface area contributed by atoms with Crippen LogP contribution < -0.4 is 0 Å². The fraction of sp³-hybridized carbons (Fsp3) is 0.588. The fourth-order valence-corrected chi connectivity index (χ4v) is 3.83. The molecule has 0 N–H and O–H groups in total. The first-order valence-electron chi connectivity index (χ1n) is 7.94. The Bertz CT molecular complexity index is 647. The highest BCUT2D eigenvalue weighted by molar-refractivity contribution is 7.12. The molecular weight excluding hydrogens is 330 g/mol. The van der Waals surface area contributed by atoms with Gasteiger partial charge in [-0.3, -0.25) is 4.79 Å². The quantitative estimate of drug-likeness (QED) is 0.476. The summed E-state index contributed by atoms with van der Waals surface area (Å²) in [6.07, 6.45) is 0.842. The number of carbonyl (C=O) groups excluding carboxylic acids is 3. The number of hydrogen-bond donors (Lipinski definition) is 0. The number of amides is 1. The van der Waals surface area contributed by atoms with Gasteiger partial charge < -0.3 is 14.4 Å². The average molecular weight is 351 g/mol. The van der Waals surface area contributed by atoms with Gasteiger partial charge >= 0.3 is 12.1 Å². The van der Waals surface area contributed by atoms with Crippen LogP contribution in [-0.2, 0) is 14.3 Å². The minimum absolute atomic E-state index is 0.0217. The standard InChI is InChI=1S/C17H21NO5S/c1-16(2,3)23-15(21)18-9-17(10-18)7-11(8-17)22-14(20)13(19)12-5-4-6-24-12/h4-6,11H,7-10H2,1-3H3. The van der Waals surface area contributed by atoms with Crippen LogP contribution >= 0.6 is 11.3 Å². The molecule has 1 saturated heterocycles. The van der Waals surface area contributed by atoms with Crippen LogP contribution in [0.5, 0.6) is 0 Å². The molecule has 1 spiro atoms. The second kappa shape index (κ2) is 5.88. The molecule has 1 aliphatic carbocycles. The van der Waals surface area contributed by atoms with Gasteiger partial charge in [-0.15, -0.1) is 11.3 Å². The van der Waals surface area contributed by atoms with E-state index in [9.17, 15) is 14.4 Å².